The highest BCUT2D eigenvalue weighted by Crippen LogP contribution is 2.16. The zero-order chi connectivity index (χ0) is 13.7. The lowest BCUT2D eigenvalue weighted by Crippen LogP contribution is -2.42. The van der Waals surface area contributed by atoms with Gasteiger partial charge in [-0.2, -0.15) is 0 Å². The maximum atomic E-state index is 11.8. The molecular weight excluding hydrogens is 282 g/mol. The molecule has 19 heavy (non-hydrogen) atoms. The molecule has 7 heteroatoms. The van der Waals surface area contributed by atoms with Crippen molar-refractivity contribution < 1.29 is 9.59 Å². The third-order valence-corrected chi connectivity index (χ3v) is 4.28. The van der Waals surface area contributed by atoms with Crippen LogP contribution in [0.25, 0.3) is 0 Å². The van der Waals surface area contributed by atoms with Crippen LogP contribution in [0.5, 0.6) is 0 Å². The molecule has 0 saturated carbocycles. The fraction of sp³-hybridized carbons (Fsp3) is 0.333. The van der Waals surface area contributed by atoms with E-state index in [0.29, 0.717) is 18.8 Å². The second-order valence-corrected chi connectivity index (χ2v) is 5.95. The van der Waals surface area contributed by atoms with Gasteiger partial charge in [0, 0.05) is 10.6 Å². The molecule has 0 bridgehead atoms. The summed E-state index contributed by atoms with van der Waals surface area (Å²) in [7, 11) is 0. The molecule has 1 fully saturated rings. The van der Waals surface area contributed by atoms with Crippen LogP contribution in [0.3, 0.4) is 0 Å². The molecule has 0 spiro atoms. The maximum Gasteiger partial charge on any atom is 0.279 e. The van der Waals surface area contributed by atoms with E-state index in [9.17, 15) is 9.59 Å². The molecule has 1 aliphatic rings. The van der Waals surface area contributed by atoms with Crippen LogP contribution in [0.2, 0.25) is 0 Å². The van der Waals surface area contributed by atoms with E-state index < -0.39 is 6.04 Å². The maximum absolute atomic E-state index is 11.8. The molecule has 4 N–H and O–H groups in total. The molecule has 1 aromatic rings. The predicted octanol–water partition coefficient (Wildman–Crippen LogP) is 0.500. The molecule has 1 aliphatic heterocycles. The Bertz CT molecular complexity index is 545. The monoisotopic (exact) mass is 295 g/mol. The Kier molecular flexibility index (Phi) is 4.85. The number of hydrogen-bond donors (Lipinski definition) is 3. The lowest BCUT2D eigenvalue weighted by molar-refractivity contribution is -0.122. The van der Waals surface area contributed by atoms with Crippen LogP contribution in [-0.2, 0) is 11.3 Å². The highest BCUT2D eigenvalue weighted by molar-refractivity contribution is 8.14. The number of carbonyl (C=O) groups is 2. The average Bonchev–Trinajstić information content (AvgIpc) is 3.02. The van der Waals surface area contributed by atoms with E-state index in [1.54, 1.807) is 0 Å². The molecule has 0 aromatic carbocycles. The highest BCUT2D eigenvalue weighted by Gasteiger charge is 2.27. The van der Waals surface area contributed by atoms with Gasteiger partial charge in [-0.05, 0) is 12.1 Å². The molecule has 1 atom stereocenters. The van der Waals surface area contributed by atoms with Gasteiger partial charge in [-0.3, -0.25) is 9.59 Å². The van der Waals surface area contributed by atoms with Crippen LogP contribution in [0.4, 0.5) is 4.79 Å². The first kappa shape index (κ1) is 13.9. The normalized spacial score (nSPS) is 17.5. The lowest BCUT2D eigenvalue weighted by Gasteiger charge is -2.08. The van der Waals surface area contributed by atoms with Crippen molar-refractivity contribution in [3.63, 3.8) is 0 Å². The topological polar surface area (TPSA) is 84.2 Å². The number of thioether (sulfide) groups is 1. The van der Waals surface area contributed by atoms with Crippen LogP contribution >= 0.6 is 23.1 Å². The lowest BCUT2D eigenvalue weighted by atomic mass is 10.3. The summed E-state index contributed by atoms with van der Waals surface area (Å²) in [6, 6.07) is 3.41. The quantitative estimate of drug-likeness (QED) is 0.709. The van der Waals surface area contributed by atoms with Gasteiger partial charge in [0.05, 0.1) is 18.0 Å². The zero-order valence-corrected chi connectivity index (χ0v) is 11.7. The Labute approximate surface area is 119 Å². The minimum absolute atomic E-state index is 0.143. The van der Waals surface area contributed by atoms with E-state index in [1.165, 1.54) is 11.3 Å². The third-order valence-electron chi connectivity index (χ3n) is 2.40. The molecule has 100 valence electrons. The summed E-state index contributed by atoms with van der Waals surface area (Å²) in [5.74, 6) is 6.06. The van der Waals surface area contributed by atoms with Crippen molar-refractivity contribution in [2.45, 2.75) is 12.6 Å². The molecule has 1 saturated heterocycles. The molecule has 0 radical (unpaired) electrons. The largest absolute Gasteiger partial charge is 0.349 e. The summed E-state index contributed by atoms with van der Waals surface area (Å²) in [5, 5.41) is 5.26. The summed E-state index contributed by atoms with van der Waals surface area (Å²) in [6.45, 7) is 0.786. The van der Waals surface area contributed by atoms with Crippen molar-refractivity contribution in [2.75, 3.05) is 12.3 Å². The highest BCUT2D eigenvalue weighted by atomic mass is 32.2. The summed E-state index contributed by atoms with van der Waals surface area (Å²) in [4.78, 5) is 24.7. The van der Waals surface area contributed by atoms with Crippen LogP contribution in [0.1, 0.15) is 9.75 Å². The van der Waals surface area contributed by atoms with Crippen LogP contribution < -0.4 is 16.4 Å². The molecule has 1 unspecified atom stereocenters. The van der Waals surface area contributed by atoms with Crippen molar-refractivity contribution >= 4 is 34.2 Å². The molecular formula is C12H13N3O2S2. The number of amides is 2. The smallest absolute Gasteiger partial charge is 0.279 e. The van der Waals surface area contributed by atoms with Gasteiger partial charge in [-0.15, -0.1) is 11.3 Å². The summed E-state index contributed by atoms with van der Waals surface area (Å²) in [5.41, 5.74) is 5.30. The van der Waals surface area contributed by atoms with Gasteiger partial charge >= 0.3 is 0 Å². The van der Waals surface area contributed by atoms with Gasteiger partial charge in [-0.1, -0.05) is 23.6 Å². The standard InChI is InChI=1S/C12H13N3O2S2/c13-5-1-2-8-3-4-9(19-8)6-14-11(16)10-7-18-12(17)15-10/h3-4,10H,5-7,13H2,(H,14,16)(H,15,17). The first-order valence-corrected chi connectivity index (χ1v) is 7.48. The van der Waals surface area contributed by atoms with Gasteiger partial charge in [-0.25, -0.2) is 0 Å². The third kappa shape index (κ3) is 3.99. The minimum Gasteiger partial charge on any atom is -0.349 e. The SMILES string of the molecule is NCC#Cc1ccc(CNC(=O)C2CSC(=O)N2)s1. The van der Waals surface area contributed by atoms with Crippen LogP contribution in [0, 0.1) is 11.8 Å². The second kappa shape index (κ2) is 6.61. The number of carbonyl (C=O) groups excluding carboxylic acids is 2. The molecule has 1 aromatic heterocycles. The van der Waals surface area contributed by atoms with E-state index in [1.807, 2.05) is 12.1 Å². The zero-order valence-electron chi connectivity index (χ0n) is 10.1. The van der Waals surface area contributed by atoms with Gasteiger partial charge in [0.25, 0.3) is 5.24 Å². The van der Waals surface area contributed by atoms with E-state index >= 15 is 0 Å². The van der Waals surface area contributed by atoms with E-state index in [0.717, 1.165) is 21.5 Å². The first-order chi connectivity index (χ1) is 9.19. The molecule has 2 amide bonds. The predicted molar refractivity (Wildman–Crippen MR) is 76.9 cm³/mol. The summed E-state index contributed by atoms with van der Waals surface area (Å²) in [6.07, 6.45) is 0. The Morgan fingerprint density at radius 3 is 3.11 bits per heavy atom. The van der Waals surface area contributed by atoms with E-state index in [-0.39, 0.29) is 11.1 Å². The van der Waals surface area contributed by atoms with Crippen LogP contribution in [-0.4, -0.2) is 29.5 Å². The van der Waals surface area contributed by atoms with Crippen molar-refractivity contribution in [1.29, 1.82) is 0 Å². The van der Waals surface area contributed by atoms with E-state index in [2.05, 4.69) is 22.5 Å². The minimum atomic E-state index is -0.422. The molecule has 0 aliphatic carbocycles. The van der Waals surface area contributed by atoms with Crippen molar-refractivity contribution in [1.82, 2.24) is 10.6 Å². The molecule has 2 heterocycles. The van der Waals surface area contributed by atoms with Gasteiger partial charge in [0.15, 0.2) is 0 Å². The number of nitrogens with two attached hydrogens (primary N) is 1. The Balaban J connectivity index is 1.83. The fourth-order valence-corrected chi connectivity index (χ4v) is 3.10. The van der Waals surface area contributed by atoms with Gasteiger partial charge in [0.2, 0.25) is 5.91 Å². The second-order valence-electron chi connectivity index (χ2n) is 3.79. The molecule has 5 nitrogen and oxygen atoms in total. The number of thiophene rings is 1. The summed E-state index contributed by atoms with van der Waals surface area (Å²) < 4.78 is 0. The first-order valence-electron chi connectivity index (χ1n) is 5.67. The van der Waals surface area contributed by atoms with Crippen molar-refractivity contribution in [3.8, 4) is 11.8 Å². The Morgan fingerprint density at radius 1 is 1.58 bits per heavy atom. The number of hydrogen-bond acceptors (Lipinski definition) is 5. The average molecular weight is 295 g/mol. The number of nitrogens with one attached hydrogen (secondary N) is 2. The summed E-state index contributed by atoms with van der Waals surface area (Å²) >= 11 is 2.65. The number of rotatable bonds is 3. The van der Waals surface area contributed by atoms with Gasteiger partial charge in [0.1, 0.15) is 6.04 Å². The van der Waals surface area contributed by atoms with Gasteiger partial charge < -0.3 is 16.4 Å². The van der Waals surface area contributed by atoms with Crippen LogP contribution in [0.15, 0.2) is 12.1 Å². The van der Waals surface area contributed by atoms with Crippen molar-refractivity contribution in [2.24, 2.45) is 5.73 Å². The van der Waals surface area contributed by atoms with Crippen molar-refractivity contribution in [3.05, 3.63) is 21.9 Å². The fourth-order valence-electron chi connectivity index (χ4n) is 1.50. The van der Waals surface area contributed by atoms with E-state index in [4.69, 9.17) is 5.73 Å². The Morgan fingerprint density at radius 2 is 2.42 bits per heavy atom. The Hall–Kier alpha value is -1.49. The molecule has 2 rings (SSSR count).